The van der Waals surface area contributed by atoms with Crippen LogP contribution in [0.1, 0.15) is 10.5 Å². The predicted octanol–water partition coefficient (Wildman–Crippen LogP) is 1.19. The Bertz CT molecular complexity index is 601. The van der Waals surface area contributed by atoms with E-state index in [-0.39, 0.29) is 24.8 Å². The van der Waals surface area contributed by atoms with Gasteiger partial charge in [-0.05, 0) is 18.2 Å². The number of nitrogens with zero attached hydrogens (tertiary/aromatic N) is 1. The smallest absolute Gasteiger partial charge is 0.270 e. The molecule has 2 aromatic rings. The van der Waals surface area contributed by atoms with Gasteiger partial charge in [-0.3, -0.25) is 9.78 Å². The third-order valence-corrected chi connectivity index (χ3v) is 2.71. The highest BCUT2D eigenvalue weighted by molar-refractivity contribution is 6.32. The Morgan fingerprint density at radius 1 is 1.44 bits per heavy atom. The van der Waals surface area contributed by atoms with Crippen molar-refractivity contribution in [2.24, 2.45) is 0 Å². The van der Waals surface area contributed by atoms with Gasteiger partial charge < -0.3 is 16.2 Å². The summed E-state index contributed by atoms with van der Waals surface area (Å²) in [6.07, 6.45) is 1.51. The van der Waals surface area contributed by atoms with Gasteiger partial charge in [0.1, 0.15) is 5.69 Å². The fourth-order valence-corrected chi connectivity index (χ4v) is 1.94. The molecule has 0 aliphatic heterocycles. The summed E-state index contributed by atoms with van der Waals surface area (Å²) in [5.41, 5.74) is 6.58. The molecule has 5 nitrogen and oxygen atoms in total. The van der Waals surface area contributed by atoms with E-state index in [0.717, 1.165) is 5.39 Å². The van der Waals surface area contributed by atoms with Gasteiger partial charge in [0.15, 0.2) is 0 Å². The molecule has 1 aromatic heterocycles. The summed E-state index contributed by atoms with van der Waals surface area (Å²) in [5.74, 6) is -0.365. The van der Waals surface area contributed by atoms with Crippen molar-refractivity contribution >= 4 is 34.0 Å². The maximum Gasteiger partial charge on any atom is 0.270 e. The van der Waals surface area contributed by atoms with E-state index in [1.807, 2.05) is 0 Å². The zero-order chi connectivity index (χ0) is 13.1. The zero-order valence-electron chi connectivity index (χ0n) is 9.48. The maximum absolute atomic E-state index is 11.9. The monoisotopic (exact) mass is 265 g/mol. The van der Waals surface area contributed by atoms with E-state index >= 15 is 0 Å². The van der Waals surface area contributed by atoms with E-state index in [1.165, 1.54) is 6.20 Å². The van der Waals surface area contributed by atoms with Crippen molar-refractivity contribution in [1.29, 1.82) is 0 Å². The minimum absolute atomic E-state index is 0.126. The number of benzene rings is 1. The molecule has 0 unspecified atom stereocenters. The lowest BCUT2D eigenvalue weighted by molar-refractivity contribution is 0.0941. The third-order valence-electron chi connectivity index (χ3n) is 2.49. The summed E-state index contributed by atoms with van der Waals surface area (Å²) in [6, 6.07) is 5.00. The first-order valence-electron chi connectivity index (χ1n) is 5.36. The molecule has 1 heterocycles. The number of nitrogens with one attached hydrogen (secondary N) is 1. The Kier molecular flexibility index (Phi) is 3.64. The molecule has 0 aliphatic rings. The van der Waals surface area contributed by atoms with Gasteiger partial charge in [-0.25, -0.2) is 0 Å². The number of halogens is 1. The third kappa shape index (κ3) is 2.37. The van der Waals surface area contributed by atoms with Crippen molar-refractivity contribution in [1.82, 2.24) is 10.3 Å². The Balaban J connectivity index is 2.54. The number of aliphatic hydroxyl groups excluding tert-OH is 1. The number of carbonyl (C=O) groups is 1. The van der Waals surface area contributed by atoms with Gasteiger partial charge in [0.05, 0.1) is 6.61 Å². The molecule has 0 fully saturated rings. The average Bonchev–Trinajstić information content (AvgIpc) is 2.35. The van der Waals surface area contributed by atoms with Crippen molar-refractivity contribution in [3.63, 3.8) is 0 Å². The number of carbonyl (C=O) groups excluding carboxylic acids is 1. The highest BCUT2D eigenvalue weighted by Gasteiger charge is 2.12. The van der Waals surface area contributed by atoms with E-state index in [2.05, 4.69) is 10.3 Å². The molecule has 1 amide bonds. The highest BCUT2D eigenvalue weighted by atomic mass is 35.5. The SMILES string of the molecule is Nc1cc(Cl)cc2c(C(=O)NCCO)nccc12. The van der Waals surface area contributed by atoms with Gasteiger partial charge in [-0.15, -0.1) is 0 Å². The Labute approximate surface area is 109 Å². The van der Waals surface area contributed by atoms with E-state index < -0.39 is 0 Å². The number of hydrogen-bond acceptors (Lipinski definition) is 4. The number of nitrogen functional groups attached to an aromatic ring is 1. The normalized spacial score (nSPS) is 10.6. The van der Waals surface area contributed by atoms with Gasteiger partial charge in [-0.2, -0.15) is 0 Å². The predicted molar refractivity (Wildman–Crippen MR) is 70.6 cm³/mol. The van der Waals surface area contributed by atoms with Crippen LogP contribution in [-0.4, -0.2) is 29.1 Å². The summed E-state index contributed by atoms with van der Waals surface area (Å²) in [5, 5.41) is 13.0. The second-order valence-corrected chi connectivity index (χ2v) is 4.17. The van der Waals surface area contributed by atoms with Crippen LogP contribution in [0.25, 0.3) is 10.8 Å². The summed E-state index contributed by atoms with van der Waals surface area (Å²) in [6.45, 7) is 0.0480. The van der Waals surface area contributed by atoms with E-state index in [0.29, 0.717) is 16.1 Å². The summed E-state index contributed by atoms with van der Waals surface area (Å²) in [7, 11) is 0. The number of anilines is 1. The van der Waals surface area contributed by atoms with Crippen LogP contribution in [0.15, 0.2) is 24.4 Å². The molecule has 0 aliphatic carbocycles. The summed E-state index contributed by atoms with van der Waals surface area (Å²) < 4.78 is 0. The fourth-order valence-electron chi connectivity index (χ4n) is 1.71. The molecule has 4 N–H and O–H groups in total. The minimum atomic E-state index is -0.365. The maximum atomic E-state index is 11.9. The number of fused-ring (bicyclic) bond motifs is 1. The molecule has 94 valence electrons. The number of rotatable bonds is 3. The number of nitrogens with two attached hydrogens (primary N) is 1. The summed E-state index contributed by atoms with van der Waals surface area (Å²) >= 11 is 5.93. The van der Waals surface area contributed by atoms with Crippen LogP contribution in [-0.2, 0) is 0 Å². The van der Waals surface area contributed by atoms with E-state index in [1.54, 1.807) is 18.2 Å². The van der Waals surface area contributed by atoms with Crippen LogP contribution in [0.3, 0.4) is 0 Å². The first kappa shape index (κ1) is 12.6. The van der Waals surface area contributed by atoms with Gasteiger partial charge >= 0.3 is 0 Å². The molecular weight excluding hydrogens is 254 g/mol. The first-order valence-corrected chi connectivity index (χ1v) is 5.74. The van der Waals surface area contributed by atoms with Gasteiger partial charge in [-0.1, -0.05) is 11.6 Å². The van der Waals surface area contributed by atoms with Crippen LogP contribution in [0.2, 0.25) is 5.02 Å². The van der Waals surface area contributed by atoms with Crippen molar-refractivity contribution in [2.75, 3.05) is 18.9 Å². The number of aromatic nitrogens is 1. The number of amides is 1. The molecule has 0 bridgehead atoms. The molecule has 18 heavy (non-hydrogen) atoms. The molecule has 6 heteroatoms. The number of hydrogen-bond donors (Lipinski definition) is 3. The Hall–Kier alpha value is -1.85. The molecule has 0 saturated heterocycles. The largest absolute Gasteiger partial charge is 0.398 e. The van der Waals surface area contributed by atoms with Crippen molar-refractivity contribution in [3.8, 4) is 0 Å². The number of pyridine rings is 1. The second kappa shape index (κ2) is 5.20. The Morgan fingerprint density at radius 2 is 2.22 bits per heavy atom. The quantitative estimate of drug-likeness (QED) is 0.728. The molecule has 0 spiro atoms. The first-order chi connectivity index (χ1) is 8.63. The second-order valence-electron chi connectivity index (χ2n) is 3.73. The molecular formula is C12H12ClN3O2. The van der Waals surface area contributed by atoms with Gasteiger partial charge in [0.25, 0.3) is 5.91 Å². The van der Waals surface area contributed by atoms with Crippen LogP contribution >= 0.6 is 11.6 Å². The van der Waals surface area contributed by atoms with Crippen LogP contribution in [0.5, 0.6) is 0 Å². The van der Waals surface area contributed by atoms with Crippen molar-refractivity contribution in [2.45, 2.75) is 0 Å². The van der Waals surface area contributed by atoms with Crippen molar-refractivity contribution < 1.29 is 9.90 Å². The van der Waals surface area contributed by atoms with Crippen LogP contribution in [0, 0.1) is 0 Å². The topological polar surface area (TPSA) is 88.2 Å². The van der Waals surface area contributed by atoms with Crippen LogP contribution in [0.4, 0.5) is 5.69 Å². The lowest BCUT2D eigenvalue weighted by atomic mass is 10.1. The van der Waals surface area contributed by atoms with Crippen molar-refractivity contribution in [3.05, 3.63) is 35.1 Å². The minimum Gasteiger partial charge on any atom is -0.398 e. The standard InChI is InChI=1S/C12H12ClN3O2/c13-7-5-9-8(10(14)6-7)1-2-15-11(9)12(18)16-3-4-17/h1-2,5-6,17H,3-4,14H2,(H,16,18). The lowest BCUT2D eigenvalue weighted by Gasteiger charge is -2.08. The molecule has 2 rings (SSSR count). The van der Waals surface area contributed by atoms with E-state index in [9.17, 15) is 4.79 Å². The Morgan fingerprint density at radius 3 is 2.94 bits per heavy atom. The fraction of sp³-hybridized carbons (Fsp3) is 0.167. The molecule has 0 radical (unpaired) electrons. The van der Waals surface area contributed by atoms with Gasteiger partial charge in [0, 0.05) is 34.2 Å². The summed E-state index contributed by atoms with van der Waals surface area (Å²) in [4.78, 5) is 15.9. The molecule has 0 atom stereocenters. The lowest BCUT2D eigenvalue weighted by Crippen LogP contribution is -2.27. The number of aliphatic hydroxyl groups is 1. The van der Waals surface area contributed by atoms with Crippen LogP contribution < -0.4 is 11.1 Å². The highest BCUT2D eigenvalue weighted by Crippen LogP contribution is 2.27. The molecule has 0 saturated carbocycles. The molecule has 1 aromatic carbocycles. The zero-order valence-corrected chi connectivity index (χ0v) is 10.2. The average molecular weight is 266 g/mol. The van der Waals surface area contributed by atoms with E-state index in [4.69, 9.17) is 22.4 Å². The van der Waals surface area contributed by atoms with Gasteiger partial charge in [0.2, 0.25) is 0 Å².